The van der Waals surface area contributed by atoms with Gasteiger partial charge in [0, 0.05) is 6.20 Å². The summed E-state index contributed by atoms with van der Waals surface area (Å²) in [4.78, 5) is 25.9. The van der Waals surface area contributed by atoms with Gasteiger partial charge in [-0.05, 0) is 24.6 Å². The second-order valence-corrected chi connectivity index (χ2v) is 4.35. The van der Waals surface area contributed by atoms with Crippen molar-refractivity contribution in [2.24, 2.45) is 0 Å². The molecule has 7 nitrogen and oxygen atoms in total. The lowest BCUT2D eigenvalue weighted by Crippen LogP contribution is -2.15. The average molecular weight is 290 g/mol. The number of nitrogens with zero attached hydrogens (tertiary/aromatic N) is 2. The van der Waals surface area contributed by atoms with Crippen molar-refractivity contribution in [1.82, 2.24) is 4.98 Å². The van der Waals surface area contributed by atoms with Gasteiger partial charge in [0.05, 0.1) is 28.4 Å². The van der Waals surface area contributed by atoms with Gasteiger partial charge in [-0.25, -0.2) is 4.39 Å². The van der Waals surface area contributed by atoms with Crippen LogP contribution in [-0.4, -0.2) is 15.8 Å². The molecule has 1 aromatic carbocycles. The molecule has 1 heterocycles. The molecule has 21 heavy (non-hydrogen) atoms. The number of aromatic nitrogens is 1. The number of carbonyl (C=O) groups is 1. The van der Waals surface area contributed by atoms with Crippen LogP contribution in [0.5, 0.6) is 0 Å². The first-order chi connectivity index (χ1) is 9.88. The van der Waals surface area contributed by atoms with Crippen LogP contribution in [0.15, 0.2) is 30.6 Å². The third kappa shape index (κ3) is 3.11. The monoisotopic (exact) mass is 290 g/mol. The first-order valence-electron chi connectivity index (χ1n) is 5.85. The minimum absolute atomic E-state index is 0.303. The van der Waals surface area contributed by atoms with E-state index in [1.165, 1.54) is 6.20 Å². The van der Waals surface area contributed by atoms with Gasteiger partial charge in [0.25, 0.3) is 11.6 Å². The Labute approximate surface area is 118 Å². The number of halogens is 1. The van der Waals surface area contributed by atoms with E-state index in [4.69, 9.17) is 5.73 Å². The molecule has 2 rings (SSSR count). The number of amides is 1. The van der Waals surface area contributed by atoms with Crippen molar-refractivity contribution in [3.63, 3.8) is 0 Å². The first kappa shape index (κ1) is 14.4. The van der Waals surface area contributed by atoms with Gasteiger partial charge in [0.15, 0.2) is 0 Å². The fraction of sp³-hybridized carbons (Fsp3) is 0.0769. The Balaban J connectivity index is 2.37. The van der Waals surface area contributed by atoms with Crippen LogP contribution in [0, 0.1) is 22.9 Å². The molecule has 0 radical (unpaired) electrons. The van der Waals surface area contributed by atoms with E-state index in [1.807, 2.05) is 0 Å². The van der Waals surface area contributed by atoms with Crippen molar-refractivity contribution < 1.29 is 14.1 Å². The fourth-order valence-corrected chi connectivity index (χ4v) is 1.76. The topological polar surface area (TPSA) is 111 Å². The van der Waals surface area contributed by atoms with Gasteiger partial charge in [0.2, 0.25) is 0 Å². The van der Waals surface area contributed by atoms with Crippen LogP contribution >= 0.6 is 0 Å². The maximum Gasteiger partial charge on any atom is 0.295 e. The Kier molecular flexibility index (Phi) is 3.79. The Bertz CT molecular complexity index is 733. The van der Waals surface area contributed by atoms with Crippen LogP contribution in [0.25, 0.3) is 0 Å². The molecule has 2 aromatic rings. The molecule has 3 N–H and O–H groups in total. The number of anilines is 2. The quantitative estimate of drug-likeness (QED) is 0.511. The van der Waals surface area contributed by atoms with Gasteiger partial charge in [-0.15, -0.1) is 0 Å². The SMILES string of the molecule is Cc1cncc(NC(=O)c2cc(F)cc([N+](=O)[O-])c2N)c1. The predicted octanol–water partition coefficient (Wildman–Crippen LogP) is 2.27. The van der Waals surface area contributed by atoms with Crippen LogP contribution < -0.4 is 11.1 Å². The highest BCUT2D eigenvalue weighted by Gasteiger charge is 2.21. The molecule has 1 amide bonds. The molecule has 0 aliphatic carbocycles. The number of hydrogen-bond donors (Lipinski definition) is 2. The van der Waals surface area contributed by atoms with Crippen molar-refractivity contribution in [2.45, 2.75) is 6.92 Å². The molecular weight excluding hydrogens is 279 g/mol. The van der Waals surface area contributed by atoms with Gasteiger partial charge < -0.3 is 11.1 Å². The summed E-state index contributed by atoms with van der Waals surface area (Å²) in [5.74, 6) is -1.66. The van der Waals surface area contributed by atoms with Gasteiger partial charge >= 0.3 is 0 Å². The lowest BCUT2D eigenvalue weighted by atomic mass is 10.1. The lowest BCUT2D eigenvalue weighted by Gasteiger charge is -2.08. The molecule has 1 aromatic heterocycles. The molecule has 0 aliphatic rings. The fourth-order valence-electron chi connectivity index (χ4n) is 1.76. The summed E-state index contributed by atoms with van der Waals surface area (Å²) in [6, 6.07) is 3.16. The molecular formula is C13H11FN4O3. The summed E-state index contributed by atoms with van der Waals surface area (Å²) in [6.45, 7) is 1.78. The minimum atomic E-state index is -0.914. The summed E-state index contributed by atoms with van der Waals surface area (Å²) >= 11 is 0. The van der Waals surface area contributed by atoms with E-state index in [0.717, 1.165) is 11.6 Å². The zero-order chi connectivity index (χ0) is 15.6. The highest BCUT2D eigenvalue weighted by Crippen LogP contribution is 2.27. The number of nitro benzene ring substituents is 1. The molecule has 0 bridgehead atoms. The largest absolute Gasteiger partial charge is 0.393 e. The molecule has 108 valence electrons. The number of rotatable bonds is 3. The lowest BCUT2D eigenvalue weighted by molar-refractivity contribution is -0.384. The molecule has 0 spiro atoms. The summed E-state index contributed by atoms with van der Waals surface area (Å²) in [7, 11) is 0. The third-order valence-corrected chi connectivity index (χ3v) is 2.70. The number of carbonyl (C=O) groups excluding carboxylic acids is 1. The highest BCUT2D eigenvalue weighted by atomic mass is 19.1. The summed E-state index contributed by atoms with van der Waals surface area (Å²) in [5.41, 5.74) is 5.40. The highest BCUT2D eigenvalue weighted by molar-refractivity contribution is 6.08. The Morgan fingerprint density at radius 3 is 2.71 bits per heavy atom. The van der Waals surface area contributed by atoms with Crippen LogP contribution in [0.4, 0.5) is 21.5 Å². The molecule has 0 fully saturated rings. The zero-order valence-corrected chi connectivity index (χ0v) is 11.0. The van der Waals surface area contributed by atoms with Crippen molar-refractivity contribution in [2.75, 3.05) is 11.1 Å². The number of hydrogen-bond acceptors (Lipinski definition) is 5. The predicted molar refractivity (Wildman–Crippen MR) is 74.4 cm³/mol. The number of nitrogen functional groups attached to an aromatic ring is 1. The van der Waals surface area contributed by atoms with Crippen molar-refractivity contribution in [1.29, 1.82) is 0 Å². The molecule has 8 heteroatoms. The summed E-state index contributed by atoms with van der Waals surface area (Å²) < 4.78 is 13.4. The Morgan fingerprint density at radius 2 is 2.10 bits per heavy atom. The van der Waals surface area contributed by atoms with Gasteiger partial charge in [-0.3, -0.25) is 19.9 Å². The van der Waals surface area contributed by atoms with Crippen molar-refractivity contribution >= 4 is 23.0 Å². The zero-order valence-electron chi connectivity index (χ0n) is 11.0. The number of pyridine rings is 1. The molecule has 0 unspecified atom stereocenters. The molecule has 0 atom stereocenters. The van der Waals surface area contributed by atoms with E-state index < -0.39 is 22.3 Å². The van der Waals surface area contributed by atoms with E-state index in [1.54, 1.807) is 19.2 Å². The summed E-state index contributed by atoms with van der Waals surface area (Å²) in [5, 5.41) is 13.2. The minimum Gasteiger partial charge on any atom is -0.393 e. The molecule has 0 saturated heterocycles. The van der Waals surface area contributed by atoms with Crippen LogP contribution in [-0.2, 0) is 0 Å². The average Bonchev–Trinajstić information content (AvgIpc) is 2.40. The van der Waals surface area contributed by atoms with Gasteiger partial charge in [-0.1, -0.05) is 0 Å². The van der Waals surface area contributed by atoms with E-state index in [2.05, 4.69) is 10.3 Å². The Hall–Kier alpha value is -3.03. The van der Waals surface area contributed by atoms with E-state index in [9.17, 15) is 19.3 Å². The standard InChI is InChI=1S/C13H11FN4O3/c1-7-2-9(6-16-5-7)17-13(19)10-3-8(14)4-11(12(10)15)18(20)21/h2-6H,15H2,1H3,(H,17,19). The van der Waals surface area contributed by atoms with Gasteiger partial charge in [0.1, 0.15) is 11.5 Å². The maximum absolute atomic E-state index is 13.4. The normalized spacial score (nSPS) is 10.2. The van der Waals surface area contributed by atoms with E-state index in [-0.39, 0.29) is 11.3 Å². The third-order valence-electron chi connectivity index (χ3n) is 2.70. The van der Waals surface area contributed by atoms with Crippen molar-refractivity contribution in [3.05, 3.63) is 57.7 Å². The van der Waals surface area contributed by atoms with Gasteiger partial charge in [-0.2, -0.15) is 0 Å². The summed E-state index contributed by atoms with van der Waals surface area (Å²) in [6.07, 6.45) is 2.99. The van der Waals surface area contributed by atoms with E-state index >= 15 is 0 Å². The van der Waals surface area contributed by atoms with Crippen LogP contribution in [0.3, 0.4) is 0 Å². The molecule has 0 aliphatic heterocycles. The van der Waals surface area contributed by atoms with Crippen LogP contribution in [0.2, 0.25) is 0 Å². The van der Waals surface area contributed by atoms with Crippen molar-refractivity contribution in [3.8, 4) is 0 Å². The second kappa shape index (κ2) is 5.53. The number of nitrogens with two attached hydrogens (primary N) is 1. The smallest absolute Gasteiger partial charge is 0.295 e. The Morgan fingerprint density at radius 1 is 1.38 bits per heavy atom. The first-order valence-corrected chi connectivity index (χ1v) is 5.85. The number of nitrogens with one attached hydrogen (secondary N) is 1. The number of nitro groups is 1. The van der Waals surface area contributed by atoms with E-state index in [0.29, 0.717) is 11.8 Å². The number of benzene rings is 1. The second-order valence-electron chi connectivity index (χ2n) is 4.35. The molecule has 0 saturated carbocycles. The van der Waals surface area contributed by atoms with Crippen LogP contribution in [0.1, 0.15) is 15.9 Å². The maximum atomic E-state index is 13.4. The number of aryl methyl sites for hydroxylation is 1.